The number of para-hydroxylation sites is 2. The Morgan fingerprint density at radius 1 is 0.439 bits per heavy atom. The average Bonchev–Trinajstić information content (AvgIpc) is 3.63. The van der Waals surface area contributed by atoms with Gasteiger partial charge >= 0.3 is 0 Å². The number of allylic oxidation sites excluding steroid dienone is 4. The number of hydrogen-bond donors (Lipinski definition) is 0. The van der Waals surface area contributed by atoms with Crippen molar-refractivity contribution < 1.29 is 0 Å². The normalized spacial score (nSPS) is 11.9. The summed E-state index contributed by atoms with van der Waals surface area (Å²) in [7, 11) is 0. The van der Waals surface area contributed by atoms with Crippen LogP contribution in [-0.4, -0.2) is 4.57 Å². The Labute approximate surface area is 335 Å². The van der Waals surface area contributed by atoms with E-state index in [0.29, 0.717) is 0 Å². The van der Waals surface area contributed by atoms with Crippen molar-refractivity contribution in [3.8, 4) is 39.1 Å². The van der Waals surface area contributed by atoms with Crippen LogP contribution in [0.5, 0.6) is 0 Å². The molecule has 0 aliphatic carbocycles. The van der Waals surface area contributed by atoms with Crippen molar-refractivity contribution in [3.63, 3.8) is 0 Å². The fourth-order valence-corrected chi connectivity index (χ4v) is 7.81. The molecule has 0 atom stereocenters. The van der Waals surface area contributed by atoms with Gasteiger partial charge in [-0.3, -0.25) is 0 Å². The molecule has 0 aliphatic rings. The summed E-state index contributed by atoms with van der Waals surface area (Å²) >= 11 is 0. The Morgan fingerprint density at radius 3 is 1.42 bits per heavy atom. The minimum absolute atomic E-state index is 0.978. The van der Waals surface area contributed by atoms with Gasteiger partial charge in [-0.05, 0) is 112 Å². The molecule has 0 saturated heterocycles. The summed E-state index contributed by atoms with van der Waals surface area (Å²) in [6.07, 6.45) is 6.28. The molecule has 0 spiro atoms. The highest BCUT2D eigenvalue weighted by Crippen LogP contribution is 2.36. The predicted molar refractivity (Wildman–Crippen MR) is 244 cm³/mol. The Morgan fingerprint density at radius 2 is 0.877 bits per heavy atom. The second-order valence-corrected chi connectivity index (χ2v) is 14.3. The van der Waals surface area contributed by atoms with Crippen LogP contribution in [0.15, 0.2) is 237 Å². The van der Waals surface area contributed by atoms with E-state index in [1.54, 1.807) is 0 Å². The van der Waals surface area contributed by atoms with Crippen molar-refractivity contribution in [2.24, 2.45) is 0 Å². The SMILES string of the molecule is C=C/C(=C\C=C(/C)c1ccccc1)N(c1ccc(-c2ccc(-c3ccccc3)cc2)cc1)c1ccc(-c2cccc(-n3c4ccccc4c4ccccc43)c2)cc1. The summed E-state index contributed by atoms with van der Waals surface area (Å²) in [6.45, 7) is 6.43. The van der Waals surface area contributed by atoms with Gasteiger partial charge in [-0.25, -0.2) is 0 Å². The summed E-state index contributed by atoms with van der Waals surface area (Å²) in [5, 5.41) is 2.52. The van der Waals surface area contributed by atoms with Gasteiger partial charge in [0, 0.05) is 33.5 Å². The van der Waals surface area contributed by atoms with E-state index in [-0.39, 0.29) is 0 Å². The second-order valence-electron chi connectivity index (χ2n) is 14.3. The monoisotopic (exact) mass is 730 g/mol. The standard InChI is InChI=1S/C55H42N2/c1-3-48(34-25-40(2)41-15-6-4-7-16-41)56(49-35-30-45(31-36-49)44-28-26-43(27-29-44)42-17-8-5-9-18-42)50-37-32-46(33-38-50)47-19-14-20-51(39-47)57-54-23-12-10-21-52(54)53-22-11-13-24-55(53)57/h3-39H,1H2,2H3/b40-25+,48-34+. The van der Waals surface area contributed by atoms with Gasteiger partial charge in [0.2, 0.25) is 0 Å². The van der Waals surface area contributed by atoms with Crippen molar-refractivity contribution >= 4 is 38.8 Å². The zero-order chi connectivity index (χ0) is 38.6. The molecule has 0 saturated carbocycles. The molecular formula is C55H42N2. The lowest BCUT2D eigenvalue weighted by molar-refractivity contribution is 1.18. The molecule has 0 amide bonds. The van der Waals surface area contributed by atoms with Gasteiger partial charge in [0.25, 0.3) is 0 Å². The summed E-state index contributed by atoms with van der Waals surface area (Å²) in [6, 6.07) is 73.7. The fraction of sp³-hybridized carbons (Fsp3) is 0.0182. The Hall–Kier alpha value is -7.42. The third-order valence-corrected chi connectivity index (χ3v) is 10.8. The summed E-state index contributed by atoms with van der Waals surface area (Å²) in [5.41, 5.74) is 16.1. The first-order chi connectivity index (χ1) is 28.1. The molecule has 0 radical (unpaired) electrons. The van der Waals surface area contributed by atoms with E-state index in [9.17, 15) is 0 Å². The molecule has 0 N–H and O–H groups in total. The van der Waals surface area contributed by atoms with Crippen molar-refractivity contribution in [2.75, 3.05) is 4.90 Å². The zero-order valence-electron chi connectivity index (χ0n) is 32.0. The first-order valence-electron chi connectivity index (χ1n) is 19.5. The van der Waals surface area contributed by atoms with E-state index in [4.69, 9.17) is 0 Å². The molecule has 9 aromatic rings. The fourth-order valence-electron chi connectivity index (χ4n) is 7.81. The highest BCUT2D eigenvalue weighted by molar-refractivity contribution is 6.09. The number of aromatic nitrogens is 1. The molecule has 0 fully saturated rings. The van der Waals surface area contributed by atoms with Crippen LogP contribution in [0.4, 0.5) is 11.4 Å². The zero-order valence-corrected chi connectivity index (χ0v) is 32.0. The number of fused-ring (bicyclic) bond motifs is 3. The lowest BCUT2D eigenvalue weighted by Gasteiger charge is -2.27. The topological polar surface area (TPSA) is 8.17 Å². The van der Waals surface area contributed by atoms with Crippen LogP contribution >= 0.6 is 0 Å². The lowest BCUT2D eigenvalue weighted by Crippen LogP contribution is -2.15. The van der Waals surface area contributed by atoms with Gasteiger partial charge in [-0.1, -0.05) is 170 Å². The van der Waals surface area contributed by atoms with Gasteiger partial charge < -0.3 is 9.47 Å². The number of hydrogen-bond acceptors (Lipinski definition) is 1. The van der Waals surface area contributed by atoms with Crippen molar-refractivity contribution in [1.29, 1.82) is 0 Å². The Bertz CT molecular complexity index is 2820. The third kappa shape index (κ3) is 7.13. The molecule has 1 aromatic heterocycles. The van der Waals surface area contributed by atoms with Gasteiger partial charge in [-0.2, -0.15) is 0 Å². The predicted octanol–water partition coefficient (Wildman–Crippen LogP) is 15.1. The number of rotatable bonds is 10. The molecular weight excluding hydrogens is 689 g/mol. The second kappa shape index (κ2) is 15.7. The highest BCUT2D eigenvalue weighted by Gasteiger charge is 2.15. The molecule has 0 bridgehead atoms. The van der Waals surface area contributed by atoms with Crippen LogP contribution in [0.3, 0.4) is 0 Å². The number of benzene rings is 8. The molecule has 8 aromatic carbocycles. The van der Waals surface area contributed by atoms with Crippen LogP contribution < -0.4 is 4.90 Å². The smallest absolute Gasteiger partial charge is 0.0541 e. The van der Waals surface area contributed by atoms with Crippen LogP contribution in [0, 0.1) is 0 Å². The van der Waals surface area contributed by atoms with Gasteiger partial charge in [0.1, 0.15) is 0 Å². The van der Waals surface area contributed by atoms with Crippen LogP contribution in [0.1, 0.15) is 12.5 Å². The third-order valence-electron chi connectivity index (χ3n) is 10.8. The van der Waals surface area contributed by atoms with Crippen LogP contribution in [-0.2, 0) is 0 Å². The maximum absolute atomic E-state index is 4.28. The summed E-state index contributed by atoms with van der Waals surface area (Å²) in [4.78, 5) is 2.28. The van der Waals surface area contributed by atoms with Gasteiger partial charge in [0.05, 0.1) is 11.0 Å². The molecule has 57 heavy (non-hydrogen) atoms. The van der Waals surface area contributed by atoms with Crippen molar-refractivity contribution in [1.82, 2.24) is 4.57 Å². The highest BCUT2D eigenvalue weighted by atomic mass is 15.1. The largest absolute Gasteiger partial charge is 0.311 e. The molecule has 2 nitrogen and oxygen atoms in total. The van der Waals surface area contributed by atoms with Crippen molar-refractivity contribution in [2.45, 2.75) is 6.92 Å². The lowest BCUT2D eigenvalue weighted by atomic mass is 10.00. The van der Waals surface area contributed by atoms with Crippen molar-refractivity contribution in [3.05, 3.63) is 242 Å². The summed E-state index contributed by atoms with van der Waals surface area (Å²) < 4.78 is 2.37. The molecule has 9 rings (SSSR count). The van der Waals surface area contributed by atoms with E-state index in [1.165, 1.54) is 55.2 Å². The van der Waals surface area contributed by atoms with Crippen LogP contribution in [0.25, 0.3) is 66.4 Å². The number of anilines is 2. The molecule has 0 unspecified atom stereocenters. The maximum atomic E-state index is 4.28. The van der Waals surface area contributed by atoms with Crippen LogP contribution in [0.2, 0.25) is 0 Å². The molecule has 0 aliphatic heterocycles. The van der Waals surface area contributed by atoms with E-state index in [0.717, 1.165) is 33.9 Å². The minimum Gasteiger partial charge on any atom is -0.311 e. The molecule has 2 heteroatoms. The van der Waals surface area contributed by atoms with E-state index >= 15 is 0 Å². The van der Waals surface area contributed by atoms with E-state index in [1.807, 2.05) is 6.08 Å². The van der Waals surface area contributed by atoms with E-state index in [2.05, 4.69) is 241 Å². The molecule has 272 valence electrons. The first-order valence-corrected chi connectivity index (χ1v) is 19.5. The minimum atomic E-state index is 0.978. The average molecular weight is 731 g/mol. The van der Waals surface area contributed by atoms with Gasteiger partial charge in [-0.15, -0.1) is 0 Å². The van der Waals surface area contributed by atoms with Gasteiger partial charge in [0.15, 0.2) is 0 Å². The maximum Gasteiger partial charge on any atom is 0.0541 e. The molecule has 1 heterocycles. The van der Waals surface area contributed by atoms with E-state index < -0.39 is 0 Å². The quantitative estimate of drug-likeness (QED) is 0.127. The number of nitrogens with zero attached hydrogens (tertiary/aromatic N) is 2. The summed E-state index contributed by atoms with van der Waals surface area (Å²) in [5.74, 6) is 0. The Kier molecular flexibility index (Phi) is 9.75. The first kappa shape index (κ1) is 35.3. The Balaban J connectivity index is 1.07.